The highest BCUT2D eigenvalue weighted by molar-refractivity contribution is 7.09. The van der Waals surface area contributed by atoms with E-state index < -0.39 is 0 Å². The maximum Gasteiger partial charge on any atom is 0.272 e. The smallest absolute Gasteiger partial charge is 0.272 e. The number of pyridine rings is 1. The first-order chi connectivity index (χ1) is 13.2. The molecule has 0 radical (unpaired) electrons. The Hall–Kier alpha value is -2.51. The third-order valence-electron chi connectivity index (χ3n) is 4.99. The van der Waals surface area contributed by atoms with E-state index in [-0.39, 0.29) is 5.91 Å². The molecule has 0 spiro atoms. The molecule has 6 nitrogen and oxygen atoms in total. The molecular weight excluding hydrogens is 358 g/mol. The molecule has 4 rings (SSSR count). The summed E-state index contributed by atoms with van der Waals surface area (Å²) >= 11 is 1.64. The summed E-state index contributed by atoms with van der Waals surface area (Å²) in [6.07, 6.45) is 6.47. The van der Waals surface area contributed by atoms with Crippen molar-refractivity contribution in [2.45, 2.75) is 38.4 Å². The second-order valence-corrected chi connectivity index (χ2v) is 7.87. The Morgan fingerprint density at radius 2 is 2.26 bits per heavy atom. The maximum absolute atomic E-state index is 12.7. The van der Waals surface area contributed by atoms with Crippen LogP contribution in [0.15, 0.2) is 42.0 Å². The van der Waals surface area contributed by atoms with Crippen LogP contribution >= 0.6 is 11.3 Å². The van der Waals surface area contributed by atoms with E-state index in [0.717, 1.165) is 36.2 Å². The van der Waals surface area contributed by atoms with E-state index in [4.69, 9.17) is 0 Å². The second-order valence-electron chi connectivity index (χ2n) is 6.84. The number of aromatic nitrogens is 3. The van der Waals surface area contributed by atoms with Crippen molar-refractivity contribution >= 4 is 17.2 Å². The van der Waals surface area contributed by atoms with Gasteiger partial charge in [-0.2, -0.15) is 5.10 Å². The summed E-state index contributed by atoms with van der Waals surface area (Å²) in [7, 11) is 1.93. The molecule has 0 aromatic carbocycles. The lowest BCUT2D eigenvalue weighted by Gasteiger charge is -2.24. The fourth-order valence-corrected chi connectivity index (χ4v) is 4.22. The van der Waals surface area contributed by atoms with Gasteiger partial charge >= 0.3 is 0 Å². The summed E-state index contributed by atoms with van der Waals surface area (Å²) in [6.45, 7) is 1.33. The summed E-state index contributed by atoms with van der Waals surface area (Å²) in [4.78, 5) is 18.0. The molecule has 27 heavy (non-hydrogen) atoms. The molecule has 1 unspecified atom stereocenters. The predicted octanol–water partition coefficient (Wildman–Crippen LogP) is 2.45. The summed E-state index contributed by atoms with van der Waals surface area (Å²) in [5.74, 6) is -0.0897. The van der Waals surface area contributed by atoms with Gasteiger partial charge in [-0.05, 0) is 42.3 Å². The largest absolute Gasteiger partial charge is 0.346 e. The molecule has 2 N–H and O–H groups in total. The van der Waals surface area contributed by atoms with Crippen LogP contribution in [0.4, 0.5) is 0 Å². The van der Waals surface area contributed by atoms with Crippen molar-refractivity contribution in [3.63, 3.8) is 0 Å². The lowest BCUT2D eigenvalue weighted by atomic mass is 9.91. The molecular formula is C20H23N5OS. The lowest BCUT2D eigenvalue weighted by molar-refractivity contribution is 0.0944. The first-order valence-corrected chi connectivity index (χ1v) is 10.1. The fourth-order valence-electron chi connectivity index (χ4n) is 3.58. The van der Waals surface area contributed by atoms with Crippen molar-refractivity contribution in [3.05, 3.63) is 69.4 Å². The molecule has 0 saturated carbocycles. The standard InChI is InChI=1S/C20H23N5OS/c1-25-18-7-6-15(22-12-14-4-2-8-21-11-14)10-17(18)19(24-25)20(26)23-13-16-5-3-9-27-16/h2-5,8-9,11,15,22H,6-7,10,12-13H2,1H3,(H,23,26). The normalized spacial score (nSPS) is 16.1. The zero-order valence-electron chi connectivity index (χ0n) is 15.3. The monoisotopic (exact) mass is 381 g/mol. The molecule has 140 valence electrons. The van der Waals surface area contributed by atoms with Gasteiger partial charge in [0.2, 0.25) is 0 Å². The average Bonchev–Trinajstić information content (AvgIpc) is 3.33. The van der Waals surface area contributed by atoms with Crippen molar-refractivity contribution in [1.29, 1.82) is 0 Å². The molecule has 3 heterocycles. The summed E-state index contributed by atoms with van der Waals surface area (Å²) in [5.41, 5.74) is 3.99. The number of thiophene rings is 1. The van der Waals surface area contributed by atoms with Gasteiger partial charge in [0.15, 0.2) is 5.69 Å². The van der Waals surface area contributed by atoms with Crippen LogP contribution in [0.25, 0.3) is 0 Å². The van der Waals surface area contributed by atoms with E-state index in [2.05, 4.69) is 26.8 Å². The number of hydrogen-bond acceptors (Lipinski definition) is 5. The Kier molecular flexibility index (Phi) is 5.31. The molecule has 1 amide bonds. The van der Waals surface area contributed by atoms with Crippen molar-refractivity contribution in [2.24, 2.45) is 7.05 Å². The minimum atomic E-state index is -0.0897. The molecule has 3 aromatic heterocycles. The van der Waals surface area contributed by atoms with Gasteiger partial charge in [-0.3, -0.25) is 14.5 Å². The van der Waals surface area contributed by atoms with Gasteiger partial charge in [0.25, 0.3) is 5.91 Å². The van der Waals surface area contributed by atoms with Gasteiger partial charge in [0, 0.05) is 48.2 Å². The fraction of sp³-hybridized carbons (Fsp3) is 0.350. The lowest BCUT2D eigenvalue weighted by Crippen LogP contribution is -2.35. The van der Waals surface area contributed by atoms with E-state index in [0.29, 0.717) is 18.3 Å². The number of amides is 1. The van der Waals surface area contributed by atoms with Gasteiger partial charge in [0.05, 0.1) is 6.54 Å². The van der Waals surface area contributed by atoms with Crippen molar-refractivity contribution in [1.82, 2.24) is 25.4 Å². The predicted molar refractivity (Wildman–Crippen MR) is 106 cm³/mol. The minimum Gasteiger partial charge on any atom is -0.346 e. The molecule has 1 aliphatic carbocycles. The number of rotatable bonds is 6. The number of hydrogen-bond donors (Lipinski definition) is 2. The van der Waals surface area contributed by atoms with Crippen LogP contribution in [0.5, 0.6) is 0 Å². The molecule has 1 atom stereocenters. The van der Waals surface area contributed by atoms with Gasteiger partial charge in [-0.15, -0.1) is 11.3 Å². The highest BCUT2D eigenvalue weighted by Gasteiger charge is 2.28. The molecule has 0 bridgehead atoms. The van der Waals surface area contributed by atoms with Crippen LogP contribution in [0, 0.1) is 0 Å². The van der Waals surface area contributed by atoms with E-state index in [1.807, 2.05) is 41.5 Å². The molecule has 1 aliphatic rings. The Bertz CT molecular complexity index is 904. The SMILES string of the molecule is Cn1nc(C(=O)NCc2cccs2)c2c1CCC(NCc1cccnc1)C2. The topological polar surface area (TPSA) is 71.8 Å². The van der Waals surface area contributed by atoms with Gasteiger partial charge < -0.3 is 10.6 Å². The van der Waals surface area contributed by atoms with Gasteiger partial charge in [-0.25, -0.2) is 0 Å². The number of fused-ring (bicyclic) bond motifs is 1. The van der Waals surface area contributed by atoms with Gasteiger partial charge in [-0.1, -0.05) is 12.1 Å². The average molecular weight is 382 g/mol. The van der Waals surface area contributed by atoms with Crippen LogP contribution in [0.1, 0.15) is 38.6 Å². The Labute approximate surface area is 162 Å². The zero-order valence-corrected chi connectivity index (χ0v) is 16.1. The van der Waals surface area contributed by atoms with E-state index in [1.165, 1.54) is 11.3 Å². The zero-order chi connectivity index (χ0) is 18.6. The molecule has 7 heteroatoms. The Balaban J connectivity index is 1.43. The number of carbonyl (C=O) groups excluding carboxylic acids is 1. The van der Waals surface area contributed by atoms with Crippen LogP contribution < -0.4 is 10.6 Å². The van der Waals surface area contributed by atoms with Crippen molar-refractivity contribution in [3.8, 4) is 0 Å². The number of aryl methyl sites for hydroxylation is 1. The van der Waals surface area contributed by atoms with E-state index in [1.54, 1.807) is 17.5 Å². The van der Waals surface area contributed by atoms with Crippen LogP contribution in [0.2, 0.25) is 0 Å². The van der Waals surface area contributed by atoms with Crippen molar-refractivity contribution in [2.75, 3.05) is 0 Å². The Morgan fingerprint density at radius 1 is 1.33 bits per heavy atom. The van der Waals surface area contributed by atoms with E-state index >= 15 is 0 Å². The molecule has 0 aliphatic heterocycles. The number of carbonyl (C=O) groups is 1. The number of nitrogens with one attached hydrogen (secondary N) is 2. The minimum absolute atomic E-state index is 0.0897. The van der Waals surface area contributed by atoms with Crippen LogP contribution in [0.3, 0.4) is 0 Å². The highest BCUT2D eigenvalue weighted by Crippen LogP contribution is 2.25. The highest BCUT2D eigenvalue weighted by atomic mass is 32.1. The summed E-state index contributed by atoms with van der Waals surface area (Å²) in [6, 6.07) is 8.38. The quantitative estimate of drug-likeness (QED) is 0.688. The summed E-state index contributed by atoms with van der Waals surface area (Å²) in [5, 5.41) is 13.1. The molecule has 0 fully saturated rings. The summed E-state index contributed by atoms with van der Waals surface area (Å²) < 4.78 is 1.87. The van der Waals surface area contributed by atoms with Crippen LogP contribution in [-0.4, -0.2) is 26.7 Å². The Morgan fingerprint density at radius 3 is 3.04 bits per heavy atom. The third kappa shape index (κ3) is 4.09. The first-order valence-electron chi connectivity index (χ1n) is 9.18. The number of nitrogens with zero attached hydrogens (tertiary/aromatic N) is 3. The van der Waals surface area contributed by atoms with Crippen LogP contribution in [-0.2, 0) is 33.0 Å². The van der Waals surface area contributed by atoms with E-state index in [9.17, 15) is 4.79 Å². The maximum atomic E-state index is 12.7. The molecule has 3 aromatic rings. The molecule has 0 saturated heterocycles. The van der Waals surface area contributed by atoms with Gasteiger partial charge in [0.1, 0.15) is 0 Å². The third-order valence-corrected chi connectivity index (χ3v) is 5.87. The second kappa shape index (κ2) is 8.02. The van der Waals surface area contributed by atoms with Crippen molar-refractivity contribution < 1.29 is 4.79 Å². The first kappa shape index (κ1) is 17.9.